The minimum absolute atomic E-state index is 0.0744. The lowest BCUT2D eigenvalue weighted by Gasteiger charge is -2.03. The van der Waals surface area contributed by atoms with Crippen LogP contribution in [0.15, 0.2) is 55.6 Å². The van der Waals surface area contributed by atoms with Crippen molar-refractivity contribution < 1.29 is 10.4 Å². The fourth-order valence-corrected chi connectivity index (χ4v) is 3.45. The van der Waals surface area contributed by atoms with E-state index in [9.17, 15) is 29.6 Å². The van der Waals surface area contributed by atoms with E-state index in [2.05, 4.69) is 0 Å². The van der Waals surface area contributed by atoms with E-state index in [1.165, 1.54) is 24.3 Å². The van der Waals surface area contributed by atoms with Crippen LogP contribution in [0.5, 0.6) is 0 Å². The Labute approximate surface area is 141 Å². The highest BCUT2D eigenvalue weighted by Crippen LogP contribution is 2.27. The molecule has 2 aromatic heterocycles. The summed E-state index contributed by atoms with van der Waals surface area (Å²) < 4.78 is 0.149. The first-order valence-electron chi connectivity index (χ1n) is 7.58. The Bertz CT molecular complexity index is 1390. The standard InChI is InChI=1S/C18H8N2O6/c21-15-11-3-7-1-8-4-12-14(18(24)20(26)16(12)22)6-10(8)2-9(7)5-13(11)17(23)19(15)25/h1-6,25-26H. The number of rotatable bonds is 0. The summed E-state index contributed by atoms with van der Waals surface area (Å²) in [7, 11) is 0. The second-order valence-electron chi connectivity index (χ2n) is 6.19. The number of benzene rings is 3. The van der Waals surface area contributed by atoms with Gasteiger partial charge < -0.3 is 10.4 Å². The molecule has 26 heavy (non-hydrogen) atoms. The summed E-state index contributed by atoms with van der Waals surface area (Å²) in [6.07, 6.45) is 0. The average molecular weight is 348 g/mol. The lowest BCUT2D eigenvalue weighted by Crippen LogP contribution is -2.22. The van der Waals surface area contributed by atoms with Gasteiger partial charge in [0, 0.05) is 0 Å². The van der Waals surface area contributed by atoms with Gasteiger partial charge in [0.15, 0.2) is 0 Å². The van der Waals surface area contributed by atoms with Gasteiger partial charge in [-0.25, -0.2) is 0 Å². The van der Waals surface area contributed by atoms with Crippen LogP contribution in [-0.2, 0) is 0 Å². The van der Waals surface area contributed by atoms with E-state index in [0.717, 1.165) is 0 Å². The van der Waals surface area contributed by atoms with E-state index < -0.39 is 22.2 Å². The van der Waals surface area contributed by atoms with E-state index in [-0.39, 0.29) is 31.0 Å². The van der Waals surface area contributed by atoms with Gasteiger partial charge in [0.05, 0.1) is 21.5 Å². The van der Waals surface area contributed by atoms with Crippen molar-refractivity contribution in [2.45, 2.75) is 0 Å². The molecule has 0 fully saturated rings. The zero-order chi connectivity index (χ0) is 18.3. The number of aromatic nitrogens is 2. The Morgan fingerprint density at radius 2 is 0.692 bits per heavy atom. The second kappa shape index (κ2) is 4.37. The Balaban J connectivity index is 1.99. The average Bonchev–Trinajstić information content (AvgIpc) is 2.97. The molecule has 3 aromatic carbocycles. The molecule has 126 valence electrons. The zero-order valence-corrected chi connectivity index (χ0v) is 12.9. The molecule has 5 aromatic rings. The first-order valence-corrected chi connectivity index (χ1v) is 7.58. The Morgan fingerprint density at radius 1 is 0.462 bits per heavy atom. The fraction of sp³-hybridized carbons (Fsp3) is 0. The lowest BCUT2D eigenvalue weighted by atomic mass is 10.00. The molecule has 0 spiro atoms. The largest absolute Gasteiger partial charge is 0.422 e. The van der Waals surface area contributed by atoms with Crippen LogP contribution in [0, 0.1) is 0 Å². The van der Waals surface area contributed by atoms with Gasteiger partial charge in [-0.2, -0.15) is 0 Å². The predicted molar refractivity (Wildman–Crippen MR) is 94.3 cm³/mol. The monoisotopic (exact) mass is 348 g/mol. The maximum absolute atomic E-state index is 11.9. The van der Waals surface area contributed by atoms with Crippen molar-refractivity contribution in [3.63, 3.8) is 0 Å². The van der Waals surface area contributed by atoms with Crippen LogP contribution < -0.4 is 22.2 Å². The first kappa shape index (κ1) is 14.4. The molecule has 0 unspecified atom stereocenters. The van der Waals surface area contributed by atoms with E-state index in [1.807, 2.05) is 0 Å². The molecule has 5 rings (SSSR count). The highest BCUT2D eigenvalue weighted by molar-refractivity contribution is 6.07. The second-order valence-corrected chi connectivity index (χ2v) is 6.19. The van der Waals surface area contributed by atoms with Crippen molar-refractivity contribution in [3.05, 3.63) is 77.8 Å². The highest BCUT2D eigenvalue weighted by Gasteiger charge is 2.15. The van der Waals surface area contributed by atoms with Gasteiger partial charge >= 0.3 is 0 Å². The van der Waals surface area contributed by atoms with Crippen molar-refractivity contribution in [2.75, 3.05) is 0 Å². The van der Waals surface area contributed by atoms with Crippen LogP contribution in [0.4, 0.5) is 0 Å². The van der Waals surface area contributed by atoms with Gasteiger partial charge in [0.1, 0.15) is 0 Å². The topological polar surface area (TPSA) is 119 Å². The molecule has 0 saturated heterocycles. The summed E-state index contributed by atoms with van der Waals surface area (Å²) in [6.45, 7) is 0. The molecule has 0 radical (unpaired) electrons. The lowest BCUT2D eigenvalue weighted by molar-refractivity contribution is 0.170. The minimum Gasteiger partial charge on any atom is -0.422 e. The van der Waals surface area contributed by atoms with Crippen LogP contribution >= 0.6 is 0 Å². The van der Waals surface area contributed by atoms with Gasteiger partial charge in [-0.1, -0.05) is 0 Å². The molecule has 8 nitrogen and oxygen atoms in total. The smallest absolute Gasteiger partial charge is 0.294 e. The molecule has 0 saturated carbocycles. The molecular formula is C18H8N2O6. The first-order chi connectivity index (χ1) is 12.4. The molecule has 0 bridgehead atoms. The molecule has 2 heterocycles. The van der Waals surface area contributed by atoms with E-state index in [0.29, 0.717) is 21.5 Å². The van der Waals surface area contributed by atoms with Gasteiger partial charge in [-0.3, -0.25) is 19.2 Å². The Hall–Kier alpha value is -3.94. The molecule has 8 heteroatoms. The summed E-state index contributed by atoms with van der Waals surface area (Å²) in [4.78, 5) is 47.7. The quantitative estimate of drug-likeness (QED) is 0.314. The van der Waals surface area contributed by atoms with Crippen molar-refractivity contribution >= 4 is 43.1 Å². The molecule has 0 amide bonds. The van der Waals surface area contributed by atoms with E-state index >= 15 is 0 Å². The van der Waals surface area contributed by atoms with E-state index in [1.54, 1.807) is 12.1 Å². The summed E-state index contributed by atoms with van der Waals surface area (Å²) in [5, 5.41) is 21.9. The van der Waals surface area contributed by atoms with Crippen LogP contribution in [0.25, 0.3) is 43.1 Å². The summed E-state index contributed by atoms with van der Waals surface area (Å²) in [6, 6.07) is 9.41. The van der Waals surface area contributed by atoms with Crippen LogP contribution in [-0.4, -0.2) is 19.9 Å². The molecule has 0 atom stereocenters. The van der Waals surface area contributed by atoms with Crippen LogP contribution in [0.1, 0.15) is 0 Å². The van der Waals surface area contributed by atoms with Crippen molar-refractivity contribution in [3.8, 4) is 0 Å². The van der Waals surface area contributed by atoms with Gasteiger partial charge in [-0.15, -0.1) is 9.46 Å². The highest BCUT2D eigenvalue weighted by atomic mass is 16.5. The number of nitrogens with zero attached hydrogens (tertiary/aromatic N) is 2. The maximum atomic E-state index is 11.9. The maximum Gasteiger partial charge on any atom is 0.294 e. The predicted octanol–water partition coefficient (Wildman–Crippen LogP) is 0.693. The SMILES string of the molecule is O=c1c2cc3cc4cc5c(=O)n(O)c(=O)c5cc4cc3cc2c(=O)n1O. The van der Waals surface area contributed by atoms with Gasteiger partial charge in [0.2, 0.25) is 0 Å². The van der Waals surface area contributed by atoms with Crippen molar-refractivity contribution in [2.24, 2.45) is 0 Å². The molecule has 2 N–H and O–H groups in total. The molecular weight excluding hydrogens is 340 g/mol. The third-order valence-corrected chi connectivity index (χ3v) is 4.76. The van der Waals surface area contributed by atoms with Gasteiger partial charge in [-0.05, 0) is 57.9 Å². The molecule has 0 aliphatic heterocycles. The normalized spacial score (nSPS) is 12.0. The Morgan fingerprint density at radius 3 is 0.923 bits per heavy atom. The van der Waals surface area contributed by atoms with Crippen LogP contribution in [0.3, 0.4) is 0 Å². The number of fused-ring (bicyclic) bond motifs is 4. The minimum atomic E-state index is -0.794. The molecule has 0 aliphatic rings. The van der Waals surface area contributed by atoms with Crippen molar-refractivity contribution in [1.82, 2.24) is 9.46 Å². The van der Waals surface area contributed by atoms with Crippen molar-refractivity contribution in [1.29, 1.82) is 0 Å². The number of hydrogen-bond acceptors (Lipinski definition) is 6. The zero-order valence-electron chi connectivity index (χ0n) is 12.9. The van der Waals surface area contributed by atoms with Gasteiger partial charge in [0.25, 0.3) is 22.2 Å². The third-order valence-electron chi connectivity index (χ3n) is 4.76. The Kier molecular flexibility index (Phi) is 2.42. The fourth-order valence-electron chi connectivity index (χ4n) is 3.45. The molecule has 0 aliphatic carbocycles. The van der Waals surface area contributed by atoms with E-state index in [4.69, 9.17) is 0 Å². The third kappa shape index (κ3) is 1.57. The summed E-state index contributed by atoms with van der Waals surface area (Å²) >= 11 is 0. The number of hydrogen-bond donors (Lipinski definition) is 2. The summed E-state index contributed by atoms with van der Waals surface area (Å²) in [5.41, 5.74) is -3.18. The van der Waals surface area contributed by atoms with Crippen LogP contribution in [0.2, 0.25) is 0 Å². The summed E-state index contributed by atoms with van der Waals surface area (Å²) in [5.74, 6) is 0.